The fraction of sp³-hybridized carbons (Fsp3) is 0.333. The summed E-state index contributed by atoms with van der Waals surface area (Å²) in [6.45, 7) is 4.74. The monoisotopic (exact) mass is 922 g/mol. The van der Waals surface area contributed by atoms with Crippen molar-refractivity contribution in [2.75, 3.05) is 62.5 Å². The van der Waals surface area contributed by atoms with Crippen LogP contribution >= 0.6 is 0 Å². The first kappa shape index (κ1) is 44.1. The van der Waals surface area contributed by atoms with Crippen LogP contribution in [0.25, 0.3) is 22.2 Å². The van der Waals surface area contributed by atoms with E-state index in [-0.39, 0.29) is 48.0 Å². The zero-order valence-electron chi connectivity index (χ0n) is 35.8. The number of amides is 6. The Labute approximate surface area is 377 Å². The van der Waals surface area contributed by atoms with Gasteiger partial charge < -0.3 is 19.7 Å². The van der Waals surface area contributed by atoms with Gasteiger partial charge in [-0.25, -0.2) is 23.5 Å². The molecule has 0 radical (unpaired) electrons. The molecule has 1 unspecified atom stereocenters. The van der Waals surface area contributed by atoms with E-state index < -0.39 is 68.5 Å². The molecule has 4 aliphatic heterocycles. The molecule has 342 valence electrons. The first-order chi connectivity index (χ1) is 31.6. The lowest BCUT2D eigenvalue weighted by Gasteiger charge is -2.40. The second-order valence-electron chi connectivity index (χ2n) is 16.6. The quantitative estimate of drug-likeness (QED) is 0.133. The van der Waals surface area contributed by atoms with E-state index in [2.05, 4.69) is 29.9 Å². The number of carbonyl (C=O) groups is 6. The van der Waals surface area contributed by atoms with Gasteiger partial charge >= 0.3 is 16.2 Å². The molecular weight excluding hydrogens is 879 g/mol. The van der Waals surface area contributed by atoms with Gasteiger partial charge in [0.15, 0.2) is 5.82 Å². The minimum Gasteiger partial charge on any atom is -0.353 e. The van der Waals surface area contributed by atoms with Crippen molar-refractivity contribution in [2.24, 2.45) is 0 Å². The first-order valence-corrected chi connectivity index (χ1v) is 22.9. The molecule has 3 N–H and O–H groups in total. The van der Waals surface area contributed by atoms with E-state index in [9.17, 15) is 37.2 Å². The number of piperazine rings is 1. The zero-order chi connectivity index (χ0) is 46.6. The topological polar surface area (TPSA) is 218 Å². The van der Waals surface area contributed by atoms with Crippen molar-refractivity contribution in [1.82, 2.24) is 39.3 Å². The van der Waals surface area contributed by atoms with E-state index in [1.807, 2.05) is 28.0 Å². The highest BCUT2D eigenvalue weighted by Gasteiger charge is 2.45. The second kappa shape index (κ2) is 17.3. The molecule has 3 saturated heterocycles. The number of halogens is 2. The molecule has 0 bridgehead atoms. The summed E-state index contributed by atoms with van der Waals surface area (Å²) in [6.07, 6.45) is 5.98. The number of aromatic amines is 1. The van der Waals surface area contributed by atoms with E-state index in [0.29, 0.717) is 80.1 Å². The summed E-state index contributed by atoms with van der Waals surface area (Å²) in [6, 6.07) is 11.2. The number of nitrogens with zero attached hydrogens (tertiary/aromatic N) is 7. The largest absolute Gasteiger partial charge is 0.353 e. The number of hydrogen-bond donors (Lipinski definition) is 3. The maximum atomic E-state index is 15.6. The number of H-pyrrole nitrogens is 1. The number of imide groups is 2. The average molecular weight is 923 g/mol. The minimum atomic E-state index is -4.16. The van der Waals surface area contributed by atoms with E-state index in [4.69, 9.17) is 0 Å². The Morgan fingerprint density at radius 2 is 1.56 bits per heavy atom. The van der Waals surface area contributed by atoms with Gasteiger partial charge in [-0.2, -0.15) is 12.7 Å². The summed E-state index contributed by atoms with van der Waals surface area (Å²) in [5.74, 6) is -4.95. The zero-order valence-corrected chi connectivity index (χ0v) is 36.7. The Hall–Kier alpha value is -7.13. The van der Waals surface area contributed by atoms with E-state index in [1.54, 1.807) is 37.5 Å². The summed E-state index contributed by atoms with van der Waals surface area (Å²) in [5, 5.41) is 2.50. The Kier molecular flexibility index (Phi) is 11.6. The molecule has 66 heavy (non-hydrogen) atoms. The molecule has 21 heteroatoms. The fourth-order valence-electron chi connectivity index (χ4n) is 8.93. The molecule has 0 aliphatic carbocycles. The lowest BCUT2D eigenvalue weighted by Crippen LogP contribution is -2.54. The summed E-state index contributed by atoms with van der Waals surface area (Å²) >= 11 is 0. The Morgan fingerprint density at radius 1 is 0.848 bits per heavy atom. The SMILES string of the molecule is CCN(C)S(=O)(=O)Nc1ccc(F)c(C(=O)c2c[nH]c3ncc(-c4ccc(N5CCN(C(=O)N6CCC(c7ccc8c(c7)C(=O)N(C7CCC(=O)NC7=O)C8=O)CC6)CC5)nc4)cc23)c1F. The maximum Gasteiger partial charge on any atom is 0.320 e. The van der Waals surface area contributed by atoms with Gasteiger partial charge in [0.25, 0.3) is 11.8 Å². The number of pyridine rings is 2. The number of piperidine rings is 2. The number of nitrogens with one attached hydrogen (secondary N) is 3. The maximum absolute atomic E-state index is 15.6. The highest BCUT2D eigenvalue weighted by molar-refractivity contribution is 7.90. The van der Waals surface area contributed by atoms with Gasteiger partial charge in [-0.1, -0.05) is 13.0 Å². The number of fused-ring (bicyclic) bond motifs is 2. The molecule has 2 aromatic carbocycles. The van der Waals surface area contributed by atoms with E-state index >= 15 is 8.78 Å². The predicted molar refractivity (Wildman–Crippen MR) is 236 cm³/mol. The number of rotatable bonds is 10. The van der Waals surface area contributed by atoms with Crippen molar-refractivity contribution >= 4 is 68.2 Å². The third-order valence-electron chi connectivity index (χ3n) is 12.8. The van der Waals surface area contributed by atoms with Crippen LogP contribution in [0.1, 0.15) is 80.7 Å². The second-order valence-corrected chi connectivity index (χ2v) is 18.4. The Bertz CT molecular complexity index is 2950. The van der Waals surface area contributed by atoms with Crippen molar-refractivity contribution in [1.29, 1.82) is 0 Å². The smallest absolute Gasteiger partial charge is 0.320 e. The van der Waals surface area contributed by atoms with E-state index in [1.165, 1.54) is 13.2 Å². The number of hydrogen-bond acceptors (Lipinski definition) is 11. The molecule has 3 fully saturated rings. The first-order valence-electron chi connectivity index (χ1n) is 21.5. The standard InChI is InChI=1S/C45H44F2N10O8S/c1-3-53(2)66(64,65)52-34-8-7-33(46)38(39(34)47)40(59)32-24-50-41-30(32)21-28(23-49-41)27-5-10-36(48-22-27)54-16-18-56(19-17-54)45(63)55-14-12-25(13-15-55)26-4-6-29-31(20-26)44(62)57(43(29)61)35-9-11-37(58)51-42(35)60/h4-8,10,20-25,35,52H,3,9,11-19H2,1-2H3,(H,49,50)(H,51,58,60). The third-order valence-corrected chi connectivity index (χ3v) is 14.4. The van der Waals surface area contributed by atoms with Crippen LogP contribution in [-0.4, -0.2) is 137 Å². The molecule has 0 saturated carbocycles. The molecule has 7 heterocycles. The average Bonchev–Trinajstić information content (AvgIpc) is 3.86. The molecule has 3 aromatic heterocycles. The lowest BCUT2D eigenvalue weighted by atomic mass is 9.88. The van der Waals surface area contributed by atoms with Gasteiger partial charge in [-0.15, -0.1) is 0 Å². The Balaban J connectivity index is 0.802. The minimum absolute atomic E-state index is 0.0446. The van der Waals surface area contributed by atoms with Gasteiger partial charge in [-0.05, 0) is 73.2 Å². The van der Waals surface area contributed by atoms with Gasteiger partial charge in [0, 0.05) is 99.9 Å². The number of likely N-dealkylation sites (tertiary alicyclic amines) is 1. The van der Waals surface area contributed by atoms with Crippen molar-refractivity contribution in [3.05, 3.63) is 107 Å². The fourth-order valence-corrected chi connectivity index (χ4v) is 9.86. The van der Waals surface area contributed by atoms with Gasteiger partial charge in [-0.3, -0.25) is 38.9 Å². The van der Waals surface area contributed by atoms with Crippen molar-refractivity contribution in [2.45, 2.75) is 44.6 Å². The van der Waals surface area contributed by atoms with Crippen LogP contribution in [0.5, 0.6) is 0 Å². The number of urea groups is 1. The molecule has 0 spiro atoms. The third kappa shape index (κ3) is 8.01. The predicted octanol–water partition coefficient (Wildman–Crippen LogP) is 4.27. The summed E-state index contributed by atoms with van der Waals surface area (Å²) in [4.78, 5) is 96.6. The Morgan fingerprint density at radius 3 is 2.26 bits per heavy atom. The summed E-state index contributed by atoms with van der Waals surface area (Å²) in [5.41, 5.74) is 1.32. The van der Waals surface area contributed by atoms with Gasteiger partial charge in [0.05, 0.1) is 22.4 Å². The van der Waals surface area contributed by atoms with Crippen LogP contribution in [-0.2, 0) is 19.8 Å². The van der Waals surface area contributed by atoms with Crippen LogP contribution in [0.4, 0.5) is 25.1 Å². The molecular formula is C45H44F2N10O8S. The molecule has 6 amide bonds. The molecule has 9 rings (SSSR count). The normalized spacial score (nSPS) is 18.3. The number of ketones is 1. The summed E-state index contributed by atoms with van der Waals surface area (Å²) in [7, 11) is -2.88. The van der Waals surface area contributed by atoms with Crippen LogP contribution < -0.4 is 14.9 Å². The molecule has 18 nitrogen and oxygen atoms in total. The van der Waals surface area contributed by atoms with Gasteiger partial charge in [0.2, 0.25) is 17.6 Å². The van der Waals surface area contributed by atoms with Crippen molar-refractivity contribution < 1.29 is 46.0 Å². The van der Waals surface area contributed by atoms with Crippen LogP contribution in [0.15, 0.2) is 67.1 Å². The van der Waals surface area contributed by atoms with Crippen molar-refractivity contribution in [3.8, 4) is 11.1 Å². The molecule has 5 aromatic rings. The van der Waals surface area contributed by atoms with Crippen molar-refractivity contribution in [3.63, 3.8) is 0 Å². The molecule has 4 aliphatic rings. The van der Waals surface area contributed by atoms with E-state index in [0.717, 1.165) is 26.9 Å². The van der Waals surface area contributed by atoms with Crippen LogP contribution in [0, 0.1) is 11.6 Å². The number of benzene rings is 2. The van der Waals surface area contributed by atoms with Gasteiger partial charge in [0.1, 0.15) is 23.3 Å². The number of anilines is 2. The van der Waals surface area contributed by atoms with Crippen LogP contribution in [0.3, 0.4) is 0 Å². The van der Waals surface area contributed by atoms with Crippen LogP contribution in [0.2, 0.25) is 0 Å². The number of aromatic nitrogens is 3. The lowest BCUT2D eigenvalue weighted by molar-refractivity contribution is -0.136. The highest BCUT2D eigenvalue weighted by Crippen LogP contribution is 2.35. The summed E-state index contributed by atoms with van der Waals surface area (Å²) < 4.78 is 58.8. The molecule has 1 atom stereocenters. The number of carbonyl (C=O) groups excluding carboxylic acids is 6. The highest BCUT2D eigenvalue weighted by atomic mass is 32.2.